The average molecular weight is 1000 g/mol. The molecule has 0 bridgehead atoms. The predicted molar refractivity (Wildman–Crippen MR) is 277 cm³/mol. The summed E-state index contributed by atoms with van der Waals surface area (Å²) >= 11 is 0. The molecule has 2 aliphatic rings. The molecule has 2 fully saturated rings. The van der Waals surface area contributed by atoms with Crippen LogP contribution in [0.4, 0.5) is 0 Å². The fraction of sp³-hybridized carbons (Fsp3) is 0.830. The molecule has 5 heterocycles. The van der Waals surface area contributed by atoms with Crippen LogP contribution in [0, 0.1) is 0 Å². The maximum Gasteiger partial charge on any atom is 0.333 e. The number of esters is 1. The summed E-state index contributed by atoms with van der Waals surface area (Å²) in [5.41, 5.74) is 0.225. The van der Waals surface area contributed by atoms with Crippen molar-refractivity contribution in [3.05, 3.63) is 56.9 Å². The van der Waals surface area contributed by atoms with Gasteiger partial charge in [-0.25, -0.2) is 14.2 Å². The Morgan fingerprint density at radius 2 is 1.25 bits per heavy atom. The van der Waals surface area contributed by atoms with E-state index >= 15 is 0 Å². The molecule has 18 nitrogen and oxygen atoms in total. The van der Waals surface area contributed by atoms with Crippen LogP contribution in [0.5, 0.6) is 0 Å². The number of likely N-dealkylation sites (N-methyl/N-ethyl adjacent to an activating group) is 1. The van der Waals surface area contributed by atoms with E-state index in [-0.39, 0.29) is 55.8 Å². The number of carbonyl (C=O) groups excluding carboxylic acids is 1. The molecule has 0 aromatic carbocycles. The molecule has 3 aromatic heterocycles. The Bertz CT molecular complexity index is 1950. The van der Waals surface area contributed by atoms with Gasteiger partial charge >= 0.3 is 11.7 Å². The lowest BCUT2D eigenvalue weighted by molar-refractivity contribution is -0.150. The first-order chi connectivity index (χ1) is 34.5. The Kier molecular flexibility index (Phi) is 31.3. The van der Waals surface area contributed by atoms with E-state index in [0.29, 0.717) is 24.5 Å². The summed E-state index contributed by atoms with van der Waals surface area (Å²) in [6.45, 7) is 10.6. The minimum absolute atomic E-state index is 0.00589. The maximum atomic E-state index is 13.3. The first-order valence-corrected chi connectivity index (χ1v) is 27.5. The third-order valence-electron chi connectivity index (χ3n) is 13.1. The smallest absolute Gasteiger partial charge is 0.333 e. The average Bonchev–Trinajstić information content (AvgIpc) is 3.66. The van der Waals surface area contributed by atoms with Crippen LogP contribution >= 0.6 is 0 Å². The lowest BCUT2D eigenvalue weighted by Gasteiger charge is -2.23. The number of unbranched alkanes of at least 4 members (excludes halogenated alkanes) is 16. The van der Waals surface area contributed by atoms with Gasteiger partial charge in [-0.2, -0.15) is 0 Å². The third-order valence-corrected chi connectivity index (χ3v) is 13.1. The van der Waals surface area contributed by atoms with E-state index in [2.05, 4.69) is 53.2 Å². The van der Waals surface area contributed by atoms with E-state index in [1.54, 1.807) is 17.1 Å². The summed E-state index contributed by atoms with van der Waals surface area (Å²) in [6.07, 6.45) is 35.1. The number of aliphatic hydroxyl groups is 2. The zero-order valence-corrected chi connectivity index (χ0v) is 45.0. The number of aliphatic hydroxyl groups excluding tert-OH is 2. The molecule has 3 aromatic rings. The lowest BCUT2D eigenvalue weighted by atomic mass is 10.0. The summed E-state index contributed by atoms with van der Waals surface area (Å²) in [4.78, 5) is 40.3. The monoisotopic (exact) mass is 1000 g/mol. The van der Waals surface area contributed by atoms with Gasteiger partial charge in [0.05, 0.1) is 44.3 Å². The van der Waals surface area contributed by atoms with Crippen molar-refractivity contribution >= 4 is 5.97 Å². The van der Waals surface area contributed by atoms with Crippen molar-refractivity contribution in [3.63, 3.8) is 0 Å². The largest absolute Gasteiger partial charge is 0.461 e. The fourth-order valence-electron chi connectivity index (χ4n) is 9.08. The summed E-state index contributed by atoms with van der Waals surface area (Å²) in [6, 6.07) is 1.42. The second kappa shape index (κ2) is 36.2. The molecule has 2 N–H and O–H groups in total. The van der Waals surface area contributed by atoms with E-state index in [1.165, 1.54) is 142 Å². The van der Waals surface area contributed by atoms with Crippen LogP contribution in [0.2, 0.25) is 0 Å². The van der Waals surface area contributed by atoms with Gasteiger partial charge in [-0.15, -0.1) is 10.2 Å². The Balaban J connectivity index is 0.000000408. The van der Waals surface area contributed by atoms with Crippen molar-refractivity contribution < 1.29 is 34.0 Å². The van der Waals surface area contributed by atoms with Crippen LogP contribution in [0.25, 0.3) is 0 Å². The number of rotatable bonds is 37. The van der Waals surface area contributed by atoms with Crippen molar-refractivity contribution in [1.82, 2.24) is 44.0 Å². The van der Waals surface area contributed by atoms with Crippen LogP contribution in [0.15, 0.2) is 34.2 Å². The van der Waals surface area contributed by atoms with Gasteiger partial charge in [0, 0.05) is 25.9 Å². The van der Waals surface area contributed by atoms with Crippen molar-refractivity contribution in [2.75, 3.05) is 34.4 Å². The number of hydrogen-bond donors (Lipinski definition) is 2. The SMILES string of the molecule is CCCCCCCCC(CCCCCC)OC(=O)Cn1cc(CO)nn1.CCCCCCCCC(CCCCCC)OC1(Cn2cc(Cn3c(=O)ccn([C@H]4CC[C@@H](CN(C)C)O4)c3=O)nn2)CO1.CO. The fourth-order valence-corrected chi connectivity index (χ4v) is 9.08. The number of hydrogen-bond acceptors (Lipinski definition) is 14. The van der Waals surface area contributed by atoms with E-state index < -0.39 is 11.5 Å². The van der Waals surface area contributed by atoms with E-state index in [0.717, 1.165) is 65.0 Å². The predicted octanol–water partition coefficient (Wildman–Crippen LogP) is 8.73. The van der Waals surface area contributed by atoms with Crippen LogP contribution < -0.4 is 11.2 Å². The highest BCUT2D eigenvalue weighted by atomic mass is 16.8. The van der Waals surface area contributed by atoms with Gasteiger partial charge in [0.15, 0.2) is 0 Å². The second-order valence-electron chi connectivity index (χ2n) is 19.8. The normalized spacial score (nSPS) is 18.2. The topological polar surface area (TPSA) is 206 Å². The molecular weight excluding hydrogens is 907 g/mol. The third kappa shape index (κ3) is 24.6. The summed E-state index contributed by atoms with van der Waals surface area (Å²) < 4.78 is 30.1. The minimum Gasteiger partial charge on any atom is -0.461 e. The van der Waals surface area contributed by atoms with Crippen molar-refractivity contribution in [2.45, 2.75) is 251 Å². The maximum absolute atomic E-state index is 13.3. The zero-order valence-electron chi connectivity index (χ0n) is 45.0. The van der Waals surface area contributed by atoms with Gasteiger partial charge in [-0.3, -0.25) is 18.7 Å². The highest BCUT2D eigenvalue weighted by Crippen LogP contribution is 2.34. The molecule has 18 heteroatoms. The highest BCUT2D eigenvalue weighted by molar-refractivity contribution is 5.69. The lowest BCUT2D eigenvalue weighted by Crippen LogP contribution is -2.41. The van der Waals surface area contributed by atoms with Gasteiger partial charge < -0.3 is 34.1 Å². The standard InChI is InChI=1S/C32H54N6O5.C20H37N3O3.CH4O/c1-5-7-9-11-12-14-16-27(15-13-10-8-6-2)43-32(25-41-32)24-36-21-26(33-34-36)22-38-29(39)19-20-37(31(38)40)30-18-17-28(42-30)23-35(3)4;1-3-5-7-9-10-12-14-19(13-11-8-6-4-2)26-20(25)16-23-15-18(17-24)21-22-23;1-2/h19-21,27-28,30H,5-18,22-25H2,1-4H3;15,19,24H,3-14,16-17H2,1-2H3;2H,1H3/t27?,28-,30+,32?;;/m0../s1. The van der Waals surface area contributed by atoms with Crippen molar-refractivity contribution in [3.8, 4) is 0 Å². The molecule has 2 aliphatic heterocycles. The van der Waals surface area contributed by atoms with Crippen molar-refractivity contribution in [1.29, 1.82) is 0 Å². The zero-order chi connectivity index (χ0) is 51.7. The van der Waals surface area contributed by atoms with E-state index in [1.807, 2.05) is 14.1 Å². The molecule has 71 heavy (non-hydrogen) atoms. The molecule has 5 atom stereocenters. The first kappa shape index (κ1) is 61.5. The van der Waals surface area contributed by atoms with E-state index in [9.17, 15) is 14.4 Å². The molecule has 406 valence electrons. The van der Waals surface area contributed by atoms with Crippen LogP contribution in [0.1, 0.15) is 212 Å². The minimum atomic E-state index is -0.679. The molecule has 0 radical (unpaired) electrons. The van der Waals surface area contributed by atoms with Gasteiger partial charge in [0.1, 0.15) is 36.9 Å². The molecule has 0 spiro atoms. The Morgan fingerprint density at radius 3 is 1.79 bits per heavy atom. The van der Waals surface area contributed by atoms with Crippen LogP contribution in [-0.4, -0.2) is 119 Å². The molecule has 0 amide bonds. The first-order valence-electron chi connectivity index (χ1n) is 27.5. The van der Waals surface area contributed by atoms with Gasteiger partial charge in [-0.05, 0) is 65.5 Å². The van der Waals surface area contributed by atoms with E-state index in [4.69, 9.17) is 29.2 Å². The number of carbonyl (C=O) groups is 1. The van der Waals surface area contributed by atoms with Gasteiger partial charge in [0.2, 0.25) is 5.79 Å². The number of epoxide rings is 1. The van der Waals surface area contributed by atoms with Crippen LogP contribution in [0.3, 0.4) is 0 Å². The quantitative estimate of drug-likeness (QED) is 0.0315. The molecule has 0 saturated carbocycles. The Hall–Kier alpha value is -3.81. The summed E-state index contributed by atoms with van der Waals surface area (Å²) in [5.74, 6) is -0.951. The summed E-state index contributed by atoms with van der Waals surface area (Å²) in [7, 11) is 5.01. The van der Waals surface area contributed by atoms with Crippen LogP contribution in [-0.2, 0) is 50.0 Å². The summed E-state index contributed by atoms with van der Waals surface area (Å²) in [5, 5.41) is 32.2. The van der Waals surface area contributed by atoms with Gasteiger partial charge in [0.25, 0.3) is 5.56 Å². The molecule has 3 unspecified atom stereocenters. The van der Waals surface area contributed by atoms with Gasteiger partial charge in [-0.1, -0.05) is 154 Å². The van der Waals surface area contributed by atoms with Crippen molar-refractivity contribution in [2.24, 2.45) is 0 Å². The molecule has 5 rings (SSSR count). The molecule has 2 saturated heterocycles. The molecular formula is C53H95N9O9. The number of nitrogens with zero attached hydrogens (tertiary/aromatic N) is 9. The Labute approximate surface area is 425 Å². The molecule has 0 aliphatic carbocycles. The number of ether oxygens (including phenoxy) is 4. The number of aromatic nitrogens is 8. The second-order valence-corrected chi connectivity index (χ2v) is 19.8. The highest BCUT2D eigenvalue weighted by Gasteiger charge is 2.49. The Morgan fingerprint density at radius 1 is 0.746 bits per heavy atom.